The summed E-state index contributed by atoms with van der Waals surface area (Å²) in [5.74, 6) is -4.66. The van der Waals surface area contributed by atoms with Crippen LogP contribution in [0.15, 0.2) is 58.6 Å². The van der Waals surface area contributed by atoms with E-state index in [4.69, 9.17) is 33.2 Å². The number of carboxylic acid groups (broad SMARTS) is 2. The number of H-pyrrole nitrogens is 1. The average molecular weight is 1540 g/mol. The minimum absolute atomic E-state index is 0.00577. The molecule has 12 N–H and O–H groups in total. The fraction of sp³-hybridized carbons (Fsp3) is 0.634. The van der Waals surface area contributed by atoms with Crippen molar-refractivity contribution in [3.05, 3.63) is 81.4 Å². The lowest BCUT2D eigenvalue weighted by Crippen LogP contribution is -2.54. The number of benzene rings is 2. The Morgan fingerprint density at radius 2 is 1.35 bits per heavy atom. The number of nitrogens with one attached hydrogen (secondary N) is 8. The Labute approximate surface area is 628 Å². The number of aliphatic hydroxyl groups excluding tert-OH is 2. The van der Waals surface area contributed by atoms with Crippen molar-refractivity contribution in [1.29, 1.82) is 0 Å². The largest absolute Gasteiger partial charge is 0.494 e. The van der Waals surface area contributed by atoms with Gasteiger partial charge in [0.1, 0.15) is 36.2 Å². The molecule has 0 bridgehead atoms. The summed E-state index contributed by atoms with van der Waals surface area (Å²) in [7, 11) is -2.83. The fourth-order valence-corrected chi connectivity index (χ4v) is 13.8. The van der Waals surface area contributed by atoms with Gasteiger partial charge >= 0.3 is 11.9 Å². The Kier molecular flexibility index (Phi) is 38.5. The molecule has 7 atom stereocenters. The number of anilines is 1. The molecular formula is C71H110N14O22S. The Bertz CT molecular complexity index is 3660. The van der Waals surface area contributed by atoms with Gasteiger partial charge < -0.3 is 99.9 Å². The van der Waals surface area contributed by atoms with Gasteiger partial charge in [-0.1, -0.05) is 26.8 Å². The first-order valence-electron chi connectivity index (χ1n) is 36.6. The number of carbonyl (C=O) groups excluding carboxylic acids is 6. The highest BCUT2D eigenvalue weighted by Gasteiger charge is 2.42. The molecule has 0 radical (unpaired) electrons. The summed E-state index contributed by atoms with van der Waals surface area (Å²) >= 11 is 0. The van der Waals surface area contributed by atoms with Crippen LogP contribution in [0.4, 0.5) is 5.95 Å². The smallest absolute Gasteiger partial charge is 0.323 e. The van der Waals surface area contributed by atoms with Crippen LogP contribution in [-0.2, 0) is 85.6 Å². The number of carbonyl (C=O) groups is 8. The van der Waals surface area contributed by atoms with E-state index in [2.05, 4.69) is 51.5 Å². The third kappa shape index (κ3) is 30.3. The Morgan fingerprint density at radius 1 is 0.731 bits per heavy atom. The molecule has 2 aliphatic rings. The van der Waals surface area contributed by atoms with E-state index in [1.807, 2.05) is 23.6 Å². The number of sulfonamides is 1. The number of likely N-dealkylation sites (N-methyl/N-ethyl adjacent to an activating group) is 1. The summed E-state index contributed by atoms with van der Waals surface area (Å²) < 4.78 is 70.5. The van der Waals surface area contributed by atoms with Crippen molar-refractivity contribution in [3.63, 3.8) is 0 Å². The lowest BCUT2D eigenvalue weighted by molar-refractivity contribution is -0.282. The number of aromatic amines is 1. The maximum Gasteiger partial charge on any atom is 0.323 e. The van der Waals surface area contributed by atoms with Crippen molar-refractivity contribution in [2.24, 2.45) is 13.0 Å². The second kappa shape index (κ2) is 46.9. The van der Waals surface area contributed by atoms with Gasteiger partial charge in [-0.05, 0) is 93.5 Å². The lowest BCUT2D eigenvalue weighted by Gasteiger charge is -2.41. The van der Waals surface area contributed by atoms with Gasteiger partial charge in [-0.15, -0.1) is 0 Å². The summed E-state index contributed by atoms with van der Waals surface area (Å²) in [6, 6.07) is 5.17. The summed E-state index contributed by atoms with van der Waals surface area (Å²) in [5.41, 5.74) is 1.04. The Morgan fingerprint density at radius 3 is 1.97 bits per heavy atom. The van der Waals surface area contributed by atoms with Crippen LogP contribution in [0.5, 0.6) is 5.75 Å². The van der Waals surface area contributed by atoms with E-state index in [1.54, 1.807) is 54.0 Å². The van der Waals surface area contributed by atoms with Crippen LogP contribution in [0.2, 0.25) is 0 Å². The molecule has 0 spiro atoms. The van der Waals surface area contributed by atoms with E-state index in [1.165, 1.54) is 32.2 Å². The van der Waals surface area contributed by atoms with E-state index < -0.39 is 100 Å². The second-order valence-electron chi connectivity index (χ2n) is 26.4. The minimum atomic E-state index is -4.48. The topological polar surface area (TPSA) is 464 Å². The number of amides is 5. The number of nitrogens with zero attached hydrogens (tertiary/aromatic N) is 6. The lowest BCUT2D eigenvalue weighted by atomic mass is 9.90. The first kappa shape index (κ1) is 88.6. The molecule has 108 heavy (non-hydrogen) atoms. The standard InChI is InChI=1S/C71H110N14O22S/c1-7-58-63(92)50(5)64(93)70(107-58)106-33-21-73-60(88)16-15-55(79-61(89)44-83-24-22-82(8-2)23-28-85(46-104-47-86)29-27-84(26-25-83)45-62(90)91)68(96)74-18-11-31-102-35-37-103-36-34-101-30-10-17-72-59(87)12-9-32-105-52-38-48(3)66(49(4)39-52)108(99,100)80-56(69(97)98)42-77-67(95)54-43-81(6)57-40-51(13-14-53(57)65(54)94)41-78-71-75-19-20-76-71/h13-14,19-20,38-40,43,47,50,55-56,58,63-64,70,80,92-93H,7-12,15-18,21-37,41-42,44-46H2,1-6H3,(H,72,87)(H,73,88)(H,74,96)(H,77,95)(H,79,89)(H,90,91)(H,97,98)(H2,75,76,78)/t50?,55-,56?,58?,63?,64?,70?/m1/s1. The van der Waals surface area contributed by atoms with Crippen molar-refractivity contribution in [2.75, 3.05) is 163 Å². The predicted molar refractivity (Wildman–Crippen MR) is 394 cm³/mol. The van der Waals surface area contributed by atoms with Gasteiger partial charge in [-0.25, -0.2) is 13.4 Å². The van der Waals surface area contributed by atoms with Gasteiger partial charge in [-0.3, -0.25) is 57.9 Å². The Balaban J connectivity index is 0.841. The zero-order valence-electron chi connectivity index (χ0n) is 62.6. The van der Waals surface area contributed by atoms with Crippen LogP contribution in [0.25, 0.3) is 10.9 Å². The second-order valence-corrected chi connectivity index (χ2v) is 28.1. The summed E-state index contributed by atoms with van der Waals surface area (Å²) in [6.45, 7) is 15.3. The molecule has 36 nitrogen and oxygen atoms in total. The number of aromatic nitrogens is 3. The molecule has 4 heterocycles. The quantitative estimate of drug-likeness (QED) is 0.0191. The summed E-state index contributed by atoms with van der Waals surface area (Å²) in [5, 5.41) is 57.8. The first-order valence-corrected chi connectivity index (χ1v) is 38.1. The molecule has 2 saturated heterocycles. The van der Waals surface area contributed by atoms with E-state index in [0.29, 0.717) is 141 Å². The highest BCUT2D eigenvalue weighted by atomic mass is 32.2. The van der Waals surface area contributed by atoms with E-state index in [0.717, 1.165) is 5.56 Å². The molecular weight excluding hydrogens is 1430 g/mol. The molecule has 37 heteroatoms. The summed E-state index contributed by atoms with van der Waals surface area (Å²) in [6.07, 6.45) is 2.93. The molecule has 0 aliphatic carbocycles. The number of fused-ring (bicyclic) bond motifs is 1. The van der Waals surface area contributed by atoms with Crippen molar-refractivity contribution in [3.8, 4) is 5.75 Å². The van der Waals surface area contributed by atoms with Crippen LogP contribution < -0.4 is 46.8 Å². The third-order valence-corrected chi connectivity index (χ3v) is 20.0. The molecule has 5 amide bonds. The van der Waals surface area contributed by atoms with Gasteiger partial charge in [-0.2, -0.15) is 4.72 Å². The van der Waals surface area contributed by atoms with Crippen molar-refractivity contribution in [2.45, 2.75) is 128 Å². The molecule has 6 rings (SSSR count). The van der Waals surface area contributed by atoms with Gasteiger partial charge in [0.25, 0.3) is 12.4 Å². The molecule has 2 aromatic heterocycles. The predicted octanol–water partition coefficient (Wildman–Crippen LogP) is -0.779. The monoisotopic (exact) mass is 1540 g/mol. The van der Waals surface area contributed by atoms with Crippen LogP contribution >= 0.6 is 0 Å². The number of hydrogen-bond donors (Lipinski definition) is 12. The molecule has 2 aliphatic heterocycles. The number of aryl methyl sites for hydroxylation is 3. The van der Waals surface area contributed by atoms with E-state index >= 15 is 0 Å². The number of ether oxygens (including phenoxy) is 7. The molecule has 2 fully saturated rings. The van der Waals surface area contributed by atoms with Gasteiger partial charge in [0.2, 0.25) is 39.1 Å². The fourth-order valence-electron chi connectivity index (χ4n) is 12.2. The van der Waals surface area contributed by atoms with Crippen molar-refractivity contribution < 1.29 is 100 Å². The number of aliphatic hydroxyl groups is 2. The van der Waals surface area contributed by atoms with E-state index in [-0.39, 0.29) is 118 Å². The van der Waals surface area contributed by atoms with Gasteiger partial charge in [0, 0.05) is 148 Å². The molecule has 602 valence electrons. The number of aliphatic carboxylic acids is 2. The average Bonchev–Trinajstić information content (AvgIpc) is 1.20. The van der Waals surface area contributed by atoms with Crippen molar-refractivity contribution in [1.82, 2.24) is 65.4 Å². The number of rotatable bonds is 47. The van der Waals surface area contributed by atoms with Crippen LogP contribution in [0.3, 0.4) is 0 Å². The number of imidazole rings is 1. The third-order valence-electron chi connectivity index (χ3n) is 18.2. The zero-order chi connectivity index (χ0) is 78.5. The van der Waals surface area contributed by atoms with Crippen LogP contribution in [0.1, 0.15) is 92.8 Å². The minimum Gasteiger partial charge on any atom is -0.494 e. The van der Waals surface area contributed by atoms with E-state index in [9.17, 15) is 72.0 Å². The highest BCUT2D eigenvalue weighted by Crippen LogP contribution is 2.29. The number of carboxylic acids is 2. The Hall–Kier alpha value is -8.31. The zero-order valence-corrected chi connectivity index (χ0v) is 63.4. The first-order chi connectivity index (χ1) is 51.8. The van der Waals surface area contributed by atoms with Crippen LogP contribution in [-0.4, -0.2) is 305 Å². The molecule has 6 unspecified atom stereocenters. The molecule has 4 aromatic rings. The maximum absolute atomic E-state index is 13.8. The van der Waals surface area contributed by atoms with Gasteiger partial charge in [0.15, 0.2) is 12.2 Å². The van der Waals surface area contributed by atoms with Crippen LogP contribution in [0, 0.1) is 19.8 Å². The SMILES string of the molecule is CCC1OC(OCCNC(=O)CC[C@@H](NC(=O)CN2CCN(CC)CCN(COC=O)CCN(CC(=O)O)CC2)C(=O)NCCCOCCOCCOCCCNC(=O)CCCOc2cc(C)c(S(=O)(=O)NC(CNC(=O)c3cn(C)c4cc(CNc5ncc[nH]5)ccc4c3=O)C(=O)O)c(C)c2)C(O)C(C)C1O. The maximum atomic E-state index is 13.8. The number of hydrogen-bond acceptors (Lipinski definition) is 26. The normalized spacial score (nSPS) is 18.5. The molecule has 0 saturated carbocycles. The number of pyridine rings is 1. The summed E-state index contributed by atoms with van der Waals surface area (Å²) in [4.78, 5) is 130. The van der Waals surface area contributed by atoms with Gasteiger partial charge in [0.05, 0.1) is 75.4 Å². The highest BCUT2D eigenvalue weighted by molar-refractivity contribution is 7.89. The molecule has 2 aromatic carbocycles. The van der Waals surface area contributed by atoms with Crippen molar-refractivity contribution >= 4 is 74.8 Å².